The second-order valence-corrected chi connectivity index (χ2v) is 4.92. The number of nitrogens with zero attached hydrogens (tertiary/aromatic N) is 1. The molecule has 0 spiro atoms. The number of aliphatic hydroxyl groups is 1. The first kappa shape index (κ1) is 12.9. The first-order chi connectivity index (χ1) is 8.61. The lowest BCUT2D eigenvalue weighted by molar-refractivity contribution is 0.0784. The maximum atomic E-state index is 12.2. The van der Waals surface area contributed by atoms with E-state index in [0.717, 1.165) is 25.9 Å². The number of amides is 1. The molecule has 0 radical (unpaired) electrons. The molecule has 4 heteroatoms. The Bertz CT molecular complexity index is 445. The zero-order valence-electron chi connectivity index (χ0n) is 10.6. The highest BCUT2D eigenvalue weighted by Crippen LogP contribution is 2.23. The molecule has 2 rings (SSSR count). The molecule has 1 atom stereocenters. The minimum atomic E-state index is 0.0125. The first-order valence-corrected chi connectivity index (χ1v) is 6.31. The Morgan fingerprint density at radius 3 is 2.94 bits per heavy atom. The Balaban J connectivity index is 2.05. The van der Waals surface area contributed by atoms with Gasteiger partial charge in [-0.1, -0.05) is 0 Å². The average Bonchev–Trinajstić information content (AvgIpc) is 2.81. The van der Waals surface area contributed by atoms with Crippen LogP contribution in [-0.2, 0) is 0 Å². The molecular formula is C14H19NO3. The van der Waals surface area contributed by atoms with Crippen LogP contribution >= 0.6 is 0 Å². The minimum Gasteiger partial charge on any atom is -0.508 e. The summed E-state index contributed by atoms with van der Waals surface area (Å²) in [6, 6.07) is 4.94. The number of rotatable bonds is 3. The molecule has 1 amide bonds. The van der Waals surface area contributed by atoms with Gasteiger partial charge in [0, 0.05) is 25.3 Å². The van der Waals surface area contributed by atoms with E-state index in [1.54, 1.807) is 25.1 Å². The summed E-state index contributed by atoms with van der Waals surface area (Å²) in [4.78, 5) is 14.1. The fraction of sp³-hybridized carbons (Fsp3) is 0.500. The van der Waals surface area contributed by atoms with Gasteiger partial charge in [-0.2, -0.15) is 0 Å². The molecule has 1 aliphatic heterocycles. The third-order valence-corrected chi connectivity index (χ3v) is 3.55. The minimum absolute atomic E-state index is 0.0125. The van der Waals surface area contributed by atoms with Crippen molar-refractivity contribution in [2.24, 2.45) is 5.92 Å². The zero-order valence-corrected chi connectivity index (χ0v) is 10.6. The van der Waals surface area contributed by atoms with Crippen molar-refractivity contribution in [2.45, 2.75) is 19.8 Å². The topological polar surface area (TPSA) is 60.8 Å². The number of aromatic hydroxyl groups is 1. The number of carbonyl (C=O) groups is 1. The molecule has 1 fully saturated rings. The number of likely N-dealkylation sites (tertiary alicyclic amines) is 1. The van der Waals surface area contributed by atoms with Gasteiger partial charge < -0.3 is 15.1 Å². The van der Waals surface area contributed by atoms with Crippen LogP contribution in [0.15, 0.2) is 18.2 Å². The van der Waals surface area contributed by atoms with E-state index in [0.29, 0.717) is 17.0 Å². The number of hydrogen-bond acceptors (Lipinski definition) is 3. The highest BCUT2D eigenvalue weighted by atomic mass is 16.3. The van der Waals surface area contributed by atoms with E-state index in [9.17, 15) is 9.90 Å². The lowest BCUT2D eigenvalue weighted by Crippen LogP contribution is -2.28. The molecule has 0 aromatic heterocycles. The molecule has 1 aromatic rings. The van der Waals surface area contributed by atoms with Gasteiger partial charge in [-0.25, -0.2) is 0 Å². The maximum Gasteiger partial charge on any atom is 0.253 e. The van der Waals surface area contributed by atoms with Crippen LogP contribution in [-0.4, -0.2) is 40.7 Å². The first-order valence-electron chi connectivity index (χ1n) is 6.31. The molecule has 0 bridgehead atoms. The van der Waals surface area contributed by atoms with Gasteiger partial charge in [0.15, 0.2) is 0 Å². The molecule has 2 N–H and O–H groups in total. The van der Waals surface area contributed by atoms with Gasteiger partial charge in [0.25, 0.3) is 5.91 Å². The van der Waals surface area contributed by atoms with Gasteiger partial charge in [-0.05, 0) is 49.4 Å². The number of aliphatic hydroxyl groups excluding tert-OH is 1. The molecular weight excluding hydrogens is 230 g/mol. The summed E-state index contributed by atoms with van der Waals surface area (Å²) in [5, 5.41) is 18.4. The van der Waals surface area contributed by atoms with E-state index in [1.807, 2.05) is 4.90 Å². The third-order valence-electron chi connectivity index (χ3n) is 3.55. The van der Waals surface area contributed by atoms with Crippen molar-refractivity contribution in [3.05, 3.63) is 29.3 Å². The fourth-order valence-electron chi connectivity index (χ4n) is 2.41. The van der Waals surface area contributed by atoms with Crippen molar-refractivity contribution in [3.63, 3.8) is 0 Å². The summed E-state index contributed by atoms with van der Waals surface area (Å²) < 4.78 is 0. The van der Waals surface area contributed by atoms with Crippen molar-refractivity contribution in [1.29, 1.82) is 0 Å². The molecule has 1 saturated heterocycles. The number of phenolic OH excluding ortho intramolecular Hbond substituents is 1. The molecule has 1 unspecified atom stereocenters. The lowest BCUT2D eigenvalue weighted by Gasteiger charge is -2.17. The summed E-state index contributed by atoms with van der Waals surface area (Å²) >= 11 is 0. The summed E-state index contributed by atoms with van der Waals surface area (Å²) in [7, 11) is 0. The zero-order chi connectivity index (χ0) is 13.1. The van der Waals surface area contributed by atoms with E-state index >= 15 is 0 Å². The molecule has 1 aliphatic rings. The van der Waals surface area contributed by atoms with Crippen LogP contribution in [0.1, 0.15) is 28.8 Å². The monoisotopic (exact) mass is 249 g/mol. The summed E-state index contributed by atoms with van der Waals surface area (Å²) in [6.07, 6.45) is 1.72. The number of hydrogen-bond donors (Lipinski definition) is 2. The van der Waals surface area contributed by atoms with Crippen molar-refractivity contribution in [2.75, 3.05) is 19.7 Å². The molecule has 0 saturated carbocycles. The Hall–Kier alpha value is -1.55. The van der Waals surface area contributed by atoms with Crippen LogP contribution in [0, 0.1) is 12.8 Å². The van der Waals surface area contributed by atoms with Crippen LogP contribution in [0.2, 0.25) is 0 Å². The van der Waals surface area contributed by atoms with Gasteiger partial charge in [0.1, 0.15) is 5.75 Å². The average molecular weight is 249 g/mol. The summed E-state index contributed by atoms with van der Waals surface area (Å²) in [6.45, 7) is 3.44. The highest BCUT2D eigenvalue weighted by Gasteiger charge is 2.26. The second-order valence-electron chi connectivity index (χ2n) is 4.92. The molecule has 1 heterocycles. The van der Waals surface area contributed by atoms with Crippen LogP contribution in [0.5, 0.6) is 5.75 Å². The van der Waals surface area contributed by atoms with Crippen LogP contribution in [0.25, 0.3) is 0 Å². The predicted molar refractivity (Wildman–Crippen MR) is 68.6 cm³/mol. The number of benzene rings is 1. The van der Waals surface area contributed by atoms with Gasteiger partial charge in [0.2, 0.25) is 0 Å². The van der Waals surface area contributed by atoms with Crippen molar-refractivity contribution < 1.29 is 15.0 Å². The third kappa shape index (κ3) is 2.64. The highest BCUT2D eigenvalue weighted by molar-refractivity contribution is 5.94. The lowest BCUT2D eigenvalue weighted by atomic mass is 10.1. The van der Waals surface area contributed by atoms with Gasteiger partial charge in [0.05, 0.1) is 0 Å². The van der Waals surface area contributed by atoms with Crippen molar-refractivity contribution in [1.82, 2.24) is 4.90 Å². The van der Waals surface area contributed by atoms with Gasteiger partial charge in [-0.3, -0.25) is 4.79 Å². The van der Waals surface area contributed by atoms with E-state index in [4.69, 9.17) is 5.11 Å². The number of aryl methyl sites for hydroxylation is 1. The van der Waals surface area contributed by atoms with Crippen molar-refractivity contribution in [3.8, 4) is 5.75 Å². The number of carbonyl (C=O) groups excluding carboxylic acids is 1. The molecule has 1 aromatic carbocycles. The van der Waals surface area contributed by atoms with E-state index in [2.05, 4.69) is 0 Å². The van der Waals surface area contributed by atoms with Crippen LogP contribution in [0.4, 0.5) is 0 Å². The van der Waals surface area contributed by atoms with E-state index in [-0.39, 0.29) is 18.3 Å². The molecule has 18 heavy (non-hydrogen) atoms. The smallest absolute Gasteiger partial charge is 0.253 e. The normalized spacial score (nSPS) is 19.2. The van der Waals surface area contributed by atoms with Crippen LogP contribution in [0.3, 0.4) is 0 Å². The Labute approximate surface area is 107 Å². The van der Waals surface area contributed by atoms with Crippen LogP contribution < -0.4 is 0 Å². The molecule has 0 aliphatic carbocycles. The summed E-state index contributed by atoms with van der Waals surface area (Å²) in [5.74, 6) is 0.641. The van der Waals surface area contributed by atoms with Gasteiger partial charge >= 0.3 is 0 Å². The maximum absolute atomic E-state index is 12.2. The van der Waals surface area contributed by atoms with E-state index < -0.39 is 0 Å². The quantitative estimate of drug-likeness (QED) is 0.854. The van der Waals surface area contributed by atoms with Crippen molar-refractivity contribution >= 4 is 5.91 Å². The fourth-order valence-corrected chi connectivity index (χ4v) is 2.41. The second kappa shape index (κ2) is 5.40. The van der Waals surface area contributed by atoms with E-state index in [1.165, 1.54) is 0 Å². The Morgan fingerprint density at radius 2 is 2.28 bits per heavy atom. The summed E-state index contributed by atoms with van der Waals surface area (Å²) in [5.41, 5.74) is 1.34. The standard InChI is InChI=1S/C14H19NO3/c1-10-8-12(2-3-13(10)17)14(18)15-6-4-11(9-15)5-7-16/h2-3,8,11,16-17H,4-7,9H2,1H3. The number of phenols is 1. The SMILES string of the molecule is Cc1cc(C(=O)N2CCC(CCO)C2)ccc1O. The largest absolute Gasteiger partial charge is 0.508 e. The Morgan fingerprint density at radius 1 is 1.50 bits per heavy atom. The Kier molecular flexibility index (Phi) is 3.87. The predicted octanol–water partition coefficient (Wildman–Crippen LogP) is 1.55. The molecule has 98 valence electrons. The van der Waals surface area contributed by atoms with Gasteiger partial charge in [-0.15, -0.1) is 0 Å². The molecule has 4 nitrogen and oxygen atoms in total.